The molecule has 3 N–H and O–H groups in total. The maximum Gasteiger partial charge on any atom is 0.254 e. The molecule has 1 aromatic heterocycles. The molecule has 0 unspecified atom stereocenters. The molecule has 1 saturated heterocycles. The Hall–Kier alpha value is -2.02. The molecule has 7 nitrogen and oxygen atoms in total. The van der Waals surface area contributed by atoms with Crippen LogP contribution in [0.1, 0.15) is 53.5 Å². The largest absolute Gasteiger partial charge is 0.369 e. The molecule has 1 aliphatic carbocycles. The lowest BCUT2D eigenvalue weighted by Crippen LogP contribution is -2.44. The minimum Gasteiger partial charge on any atom is -0.369 e. The monoisotopic (exact) mass is 331 g/mol. The third-order valence-electron chi connectivity index (χ3n) is 4.81. The minimum atomic E-state index is -0.229. The molecule has 2 amide bonds. The average Bonchev–Trinajstić information content (AvgIpc) is 3.39. The molecule has 2 aliphatic rings. The van der Waals surface area contributed by atoms with E-state index in [9.17, 15) is 9.59 Å². The highest BCUT2D eigenvalue weighted by atomic mass is 16.2. The molecule has 0 radical (unpaired) electrons. The van der Waals surface area contributed by atoms with Crippen molar-refractivity contribution in [2.24, 2.45) is 11.7 Å². The van der Waals surface area contributed by atoms with Crippen LogP contribution in [0.4, 0.5) is 0 Å². The second kappa shape index (κ2) is 7.25. The maximum atomic E-state index is 12.3. The van der Waals surface area contributed by atoms with E-state index in [1.807, 2.05) is 6.92 Å². The van der Waals surface area contributed by atoms with E-state index in [2.05, 4.69) is 20.2 Å². The molecular formula is C17H25N5O2. The fourth-order valence-electron chi connectivity index (χ4n) is 3.16. The normalized spacial score (nSPS) is 21.5. The molecule has 2 fully saturated rings. The van der Waals surface area contributed by atoms with Crippen LogP contribution in [0.5, 0.6) is 0 Å². The summed E-state index contributed by atoms with van der Waals surface area (Å²) in [5.41, 5.74) is 6.66. The van der Waals surface area contributed by atoms with Crippen LogP contribution in [-0.2, 0) is 4.79 Å². The van der Waals surface area contributed by atoms with E-state index < -0.39 is 0 Å². The topological polar surface area (TPSA) is 101 Å². The summed E-state index contributed by atoms with van der Waals surface area (Å²) in [7, 11) is 0. The number of likely N-dealkylation sites (tertiary alicyclic amines) is 1. The lowest BCUT2D eigenvalue weighted by molar-refractivity contribution is -0.123. The fourth-order valence-corrected chi connectivity index (χ4v) is 3.16. The van der Waals surface area contributed by atoms with Crippen molar-refractivity contribution in [2.75, 3.05) is 26.2 Å². The summed E-state index contributed by atoms with van der Waals surface area (Å²) >= 11 is 0. The highest BCUT2D eigenvalue weighted by Gasteiger charge is 2.27. The van der Waals surface area contributed by atoms with Gasteiger partial charge in [-0.15, -0.1) is 0 Å². The van der Waals surface area contributed by atoms with Crippen LogP contribution in [-0.4, -0.2) is 52.9 Å². The molecule has 0 spiro atoms. The number of carbonyl (C=O) groups is 2. The Labute approximate surface area is 142 Å². The highest BCUT2D eigenvalue weighted by molar-refractivity contribution is 5.94. The molecular weight excluding hydrogens is 306 g/mol. The van der Waals surface area contributed by atoms with Gasteiger partial charge in [0.15, 0.2) is 0 Å². The molecule has 2 heterocycles. The third kappa shape index (κ3) is 4.08. The number of piperidine rings is 1. The van der Waals surface area contributed by atoms with Crippen molar-refractivity contribution < 1.29 is 9.59 Å². The van der Waals surface area contributed by atoms with Crippen LogP contribution in [0, 0.1) is 12.8 Å². The molecule has 1 aliphatic heterocycles. The van der Waals surface area contributed by atoms with Crippen molar-refractivity contribution in [3.63, 3.8) is 0 Å². The van der Waals surface area contributed by atoms with Gasteiger partial charge in [-0.05, 0) is 39.2 Å². The van der Waals surface area contributed by atoms with Gasteiger partial charge in [0.25, 0.3) is 5.91 Å². The number of aromatic nitrogens is 2. The van der Waals surface area contributed by atoms with E-state index in [4.69, 9.17) is 5.73 Å². The Balaban J connectivity index is 1.48. The fraction of sp³-hybridized carbons (Fsp3) is 0.647. The average molecular weight is 331 g/mol. The number of nitrogens with zero attached hydrogens (tertiary/aromatic N) is 3. The first kappa shape index (κ1) is 16.8. The van der Waals surface area contributed by atoms with Crippen LogP contribution in [0.25, 0.3) is 0 Å². The van der Waals surface area contributed by atoms with Gasteiger partial charge in [0, 0.05) is 31.7 Å². The number of amides is 2. The van der Waals surface area contributed by atoms with E-state index in [1.54, 1.807) is 6.20 Å². The summed E-state index contributed by atoms with van der Waals surface area (Å²) in [6.45, 7) is 4.73. The van der Waals surface area contributed by atoms with Crippen molar-refractivity contribution in [2.45, 2.75) is 38.5 Å². The zero-order valence-corrected chi connectivity index (χ0v) is 14.1. The van der Waals surface area contributed by atoms with Crippen LogP contribution in [0.3, 0.4) is 0 Å². The first-order valence-electron chi connectivity index (χ1n) is 8.68. The predicted octanol–water partition coefficient (Wildman–Crippen LogP) is 0.590. The molecule has 24 heavy (non-hydrogen) atoms. The van der Waals surface area contributed by atoms with Gasteiger partial charge in [-0.25, -0.2) is 9.97 Å². The van der Waals surface area contributed by atoms with Crippen molar-refractivity contribution in [1.29, 1.82) is 0 Å². The second-order valence-corrected chi connectivity index (χ2v) is 6.80. The Bertz CT molecular complexity index is 629. The summed E-state index contributed by atoms with van der Waals surface area (Å²) in [5.74, 6) is 0.901. The number of hydrogen-bond acceptors (Lipinski definition) is 5. The number of carbonyl (C=O) groups excluding carboxylic acids is 2. The maximum absolute atomic E-state index is 12.3. The summed E-state index contributed by atoms with van der Waals surface area (Å²) in [6, 6.07) is 0. The van der Waals surface area contributed by atoms with Gasteiger partial charge in [-0.1, -0.05) is 0 Å². The van der Waals surface area contributed by atoms with Crippen molar-refractivity contribution in [1.82, 2.24) is 20.2 Å². The summed E-state index contributed by atoms with van der Waals surface area (Å²) in [4.78, 5) is 34.5. The van der Waals surface area contributed by atoms with Gasteiger partial charge >= 0.3 is 0 Å². The van der Waals surface area contributed by atoms with E-state index in [1.165, 1.54) is 0 Å². The molecule has 3 rings (SSSR count). The molecule has 130 valence electrons. The van der Waals surface area contributed by atoms with E-state index in [0.29, 0.717) is 24.6 Å². The zero-order valence-electron chi connectivity index (χ0n) is 14.1. The zero-order chi connectivity index (χ0) is 17.1. The number of rotatable bonds is 6. The summed E-state index contributed by atoms with van der Waals surface area (Å²) in [5, 5.41) is 2.92. The number of hydrogen-bond donors (Lipinski definition) is 2. The lowest BCUT2D eigenvalue weighted by atomic mass is 9.97. The Morgan fingerprint density at radius 2 is 2.17 bits per heavy atom. The third-order valence-corrected chi connectivity index (χ3v) is 4.81. The number of nitrogens with two attached hydrogens (primary N) is 1. The van der Waals surface area contributed by atoms with Crippen LogP contribution in [0.15, 0.2) is 6.20 Å². The van der Waals surface area contributed by atoms with Gasteiger partial charge in [0.1, 0.15) is 5.82 Å². The highest BCUT2D eigenvalue weighted by Crippen LogP contribution is 2.37. The Kier molecular flexibility index (Phi) is 5.08. The molecule has 1 atom stereocenters. The first-order valence-corrected chi connectivity index (χ1v) is 8.68. The standard InChI is InChI=1S/C17H25N5O2/c1-11-14(9-20-16(21-11)12-4-5-12)17(24)19-6-8-22-7-2-3-13(10-22)15(18)23/h9,12-13H,2-8,10H2,1H3,(H2,18,23)(H,19,24)/t13-/m0/s1. The summed E-state index contributed by atoms with van der Waals surface area (Å²) in [6.07, 6.45) is 5.76. The van der Waals surface area contributed by atoms with Crippen molar-refractivity contribution in [3.05, 3.63) is 23.3 Å². The smallest absolute Gasteiger partial charge is 0.254 e. The lowest BCUT2D eigenvalue weighted by Gasteiger charge is -2.31. The van der Waals surface area contributed by atoms with E-state index in [-0.39, 0.29) is 17.7 Å². The minimum absolute atomic E-state index is 0.0694. The van der Waals surface area contributed by atoms with Gasteiger partial charge in [-0.3, -0.25) is 9.59 Å². The van der Waals surface area contributed by atoms with Gasteiger partial charge in [0.05, 0.1) is 17.2 Å². The Morgan fingerprint density at radius 1 is 1.38 bits per heavy atom. The molecule has 7 heteroatoms. The number of aryl methyl sites for hydroxylation is 1. The van der Waals surface area contributed by atoms with Gasteiger partial charge < -0.3 is 16.0 Å². The number of nitrogens with one attached hydrogen (secondary N) is 1. The first-order chi connectivity index (χ1) is 11.5. The molecule has 1 saturated carbocycles. The Morgan fingerprint density at radius 3 is 2.83 bits per heavy atom. The number of primary amides is 1. The summed E-state index contributed by atoms with van der Waals surface area (Å²) < 4.78 is 0. The molecule has 0 bridgehead atoms. The predicted molar refractivity (Wildman–Crippen MR) is 89.4 cm³/mol. The quantitative estimate of drug-likeness (QED) is 0.794. The SMILES string of the molecule is Cc1nc(C2CC2)ncc1C(=O)NCCN1CCC[C@H](C(N)=O)C1. The molecule has 0 aromatic carbocycles. The van der Waals surface area contributed by atoms with E-state index >= 15 is 0 Å². The van der Waals surface area contributed by atoms with Crippen LogP contribution >= 0.6 is 0 Å². The molecule has 1 aromatic rings. The van der Waals surface area contributed by atoms with E-state index in [0.717, 1.165) is 50.3 Å². The van der Waals surface area contributed by atoms with Crippen molar-refractivity contribution in [3.8, 4) is 0 Å². The van der Waals surface area contributed by atoms with Crippen molar-refractivity contribution >= 4 is 11.8 Å². The van der Waals surface area contributed by atoms with Gasteiger partial charge in [0.2, 0.25) is 5.91 Å². The van der Waals surface area contributed by atoms with Gasteiger partial charge in [-0.2, -0.15) is 0 Å². The van der Waals surface area contributed by atoms with Crippen LogP contribution in [0.2, 0.25) is 0 Å². The van der Waals surface area contributed by atoms with Crippen LogP contribution < -0.4 is 11.1 Å². The second-order valence-electron chi connectivity index (χ2n) is 6.80.